The number of guanidine groups is 1. The van der Waals surface area contributed by atoms with Crippen molar-refractivity contribution in [3.05, 3.63) is 17.5 Å². The third-order valence-electron chi connectivity index (χ3n) is 4.53. The van der Waals surface area contributed by atoms with Crippen LogP contribution >= 0.6 is 11.3 Å². The Bertz CT molecular complexity index is 653. The van der Waals surface area contributed by atoms with E-state index in [0.29, 0.717) is 16.8 Å². The number of thiophene rings is 1. The van der Waals surface area contributed by atoms with Crippen molar-refractivity contribution in [2.24, 2.45) is 4.99 Å². The summed E-state index contributed by atoms with van der Waals surface area (Å²) in [5.74, 6) is 0.764. The van der Waals surface area contributed by atoms with Crippen LogP contribution < -0.4 is 15.4 Å². The molecule has 7 nitrogen and oxygen atoms in total. The molecule has 0 aliphatic carbocycles. The maximum atomic E-state index is 12.1. The largest absolute Gasteiger partial charge is 0.357 e. The van der Waals surface area contributed by atoms with Crippen LogP contribution in [0.3, 0.4) is 0 Å². The van der Waals surface area contributed by atoms with Gasteiger partial charge in [-0.15, -0.1) is 11.3 Å². The SMILES string of the molecule is CCCCN1CCC(NC(=NCCNS(=O)(=O)c2cccs2)NCC)CC1. The Balaban J connectivity index is 1.76. The number of hydrogen-bond donors (Lipinski definition) is 3. The Morgan fingerprint density at radius 2 is 2.11 bits per heavy atom. The molecule has 3 N–H and O–H groups in total. The van der Waals surface area contributed by atoms with Gasteiger partial charge in [0.15, 0.2) is 5.96 Å². The van der Waals surface area contributed by atoms with Crippen LogP contribution in [0, 0.1) is 0 Å². The molecule has 1 aromatic heterocycles. The summed E-state index contributed by atoms with van der Waals surface area (Å²) in [4.78, 5) is 7.05. The fourth-order valence-electron chi connectivity index (χ4n) is 3.03. The highest BCUT2D eigenvalue weighted by atomic mass is 32.2. The fraction of sp³-hybridized carbons (Fsp3) is 0.722. The second-order valence-electron chi connectivity index (χ2n) is 6.70. The van der Waals surface area contributed by atoms with E-state index in [1.807, 2.05) is 6.92 Å². The van der Waals surface area contributed by atoms with Gasteiger partial charge in [0.1, 0.15) is 4.21 Å². The van der Waals surface area contributed by atoms with Gasteiger partial charge in [0.05, 0.1) is 6.54 Å². The zero-order chi connectivity index (χ0) is 19.5. The molecule has 1 aromatic rings. The van der Waals surface area contributed by atoms with Gasteiger partial charge in [-0.3, -0.25) is 4.99 Å². The summed E-state index contributed by atoms with van der Waals surface area (Å²) in [5.41, 5.74) is 0. The summed E-state index contributed by atoms with van der Waals surface area (Å²) in [5, 5.41) is 8.50. The number of unbranched alkanes of at least 4 members (excludes halogenated alkanes) is 1. The zero-order valence-corrected chi connectivity index (χ0v) is 18.0. The highest BCUT2D eigenvalue weighted by Crippen LogP contribution is 2.15. The number of nitrogens with one attached hydrogen (secondary N) is 3. The van der Waals surface area contributed by atoms with E-state index in [9.17, 15) is 8.42 Å². The van der Waals surface area contributed by atoms with Gasteiger partial charge in [-0.1, -0.05) is 19.4 Å². The van der Waals surface area contributed by atoms with Gasteiger partial charge in [0.25, 0.3) is 0 Å². The highest BCUT2D eigenvalue weighted by Gasteiger charge is 2.19. The highest BCUT2D eigenvalue weighted by molar-refractivity contribution is 7.91. The first-order valence-corrected chi connectivity index (χ1v) is 12.2. The number of nitrogens with zero attached hydrogens (tertiary/aromatic N) is 2. The van der Waals surface area contributed by atoms with Crippen molar-refractivity contribution in [1.29, 1.82) is 0 Å². The second-order valence-corrected chi connectivity index (χ2v) is 9.65. The molecule has 0 atom stereocenters. The summed E-state index contributed by atoms with van der Waals surface area (Å²) in [6.07, 6.45) is 4.73. The standard InChI is InChI=1S/C18H33N5O2S2/c1-3-5-12-23-13-8-16(9-14-23)22-18(19-4-2)20-10-11-21-27(24,25)17-7-6-15-26-17/h6-7,15-16,21H,3-5,8-14H2,1-2H3,(H2,19,20,22). The number of sulfonamides is 1. The van der Waals surface area contributed by atoms with Gasteiger partial charge in [0.2, 0.25) is 10.0 Å². The number of piperidine rings is 1. The van der Waals surface area contributed by atoms with E-state index in [-0.39, 0.29) is 6.54 Å². The van der Waals surface area contributed by atoms with Crippen molar-refractivity contribution in [2.75, 3.05) is 39.3 Å². The molecule has 0 radical (unpaired) electrons. The van der Waals surface area contributed by atoms with Crippen LogP contribution in [0.4, 0.5) is 0 Å². The summed E-state index contributed by atoms with van der Waals surface area (Å²) < 4.78 is 27.1. The van der Waals surface area contributed by atoms with Crippen molar-refractivity contribution < 1.29 is 8.42 Å². The summed E-state index contributed by atoms with van der Waals surface area (Å²) in [6.45, 7) is 9.17. The molecule has 0 unspecified atom stereocenters. The Morgan fingerprint density at radius 3 is 2.74 bits per heavy atom. The van der Waals surface area contributed by atoms with Crippen LogP contribution in [0.1, 0.15) is 39.5 Å². The number of aliphatic imine (C=N–C) groups is 1. The molecule has 0 amide bonds. The molecule has 0 bridgehead atoms. The van der Waals surface area contributed by atoms with Crippen molar-refractivity contribution in [2.45, 2.75) is 49.8 Å². The van der Waals surface area contributed by atoms with Gasteiger partial charge in [-0.25, -0.2) is 13.1 Å². The Hall–Kier alpha value is -1.16. The van der Waals surface area contributed by atoms with Crippen LogP contribution in [0.15, 0.2) is 26.7 Å². The van der Waals surface area contributed by atoms with E-state index in [2.05, 4.69) is 32.2 Å². The quantitative estimate of drug-likeness (QED) is 0.308. The number of rotatable bonds is 10. The number of hydrogen-bond acceptors (Lipinski definition) is 5. The average molecular weight is 416 g/mol. The molecule has 1 fully saturated rings. The van der Waals surface area contributed by atoms with Crippen molar-refractivity contribution >= 4 is 27.3 Å². The molecule has 1 saturated heterocycles. The maximum Gasteiger partial charge on any atom is 0.250 e. The van der Waals surface area contributed by atoms with Gasteiger partial charge < -0.3 is 15.5 Å². The van der Waals surface area contributed by atoms with E-state index in [4.69, 9.17) is 0 Å². The molecule has 1 aliphatic heterocycles. The lowest BCUT2D eigenvalue weighted by atomic mass is 10.0. The average Bonchev–Trinajstić information content (AvgIpc) is 3.20. The molecule has 154 valence electrons. The van der Waals surface area contributed by atoms with Crippen LogP contribution in [-0.2, 0) is 10.0 Å². The number of likely N-dealkylation sites (tertiary alicyclic amines) is 1. The van der Waals surface area contributed by atoms with E-state index in [0.717, 1.165) is 38.4 Å². The van der Waals surface area contributed by atoms with Crippen LogP contribution in [0.2, 0.25) is 0 Å². The van der Waals surface area contributed by atoms with E-state index in [1.54, 1.807) is 17.5 Å². The van der Waals surface area contributed by atoms with E-state index >= 15 is 0 Å². The zero-order valence-electron chi connectivity index (χ0n) is 16.4. The molecule has 9 heteroatoms. The first-order valence-electron chi connectivity index (χ1n) is 9.85. The lowest BCUT2D eigenvalue weighted by molar-refractivity contribution is 0.203. The van der Waals surface area contributed by atoms with Crippen LogP contribution in [0.5, 0.6) is 0 Å². The molecule has 1 aliphatic rings. The maximum absolute atomic E-state index is 12.1. The lowest BCUT2D eigenvalue weighted by Gasteiger charge is -2.33. The molecule has 2 rings (SSSR count). The Labute approximate surface area is 167 Å². The molecule has 0 aromatic carbocycles. The second kappa shape index (κ2) is 11.6. The normalized spacial score (nSPS) is 17.2. The van der Waals surface area contributed by atoms with Crippen LogP contribution in [-0.4, -0.2) is 64.6 Å². The molecule has 0 saturated carbocycles. The van der Waals surface area contributed by atoms with E-state index < -0.39 is 10.0 Å². The summed E-state index contributed by atoms with van der Waals surface area (Å²) >= 11 is 1.22. The summed E-state index contributed by atoms with van der Waals surface area (Å²) in [6, 6.07) is 3.76. The predicted molar refractivity (Wildman–Crippen MR) is 113 cm³/mol. The summed E-state index contributed by atoms with van der Waals surface area (Å²) in [7, 11) is -3.42. The first-order chi connectivity index (χ1) is 13.0. The lowest BCUT2D eigenvalue weighted by Crippen LogP contribution is -2.49. The minimum absolute atomic E-state index is 0.284. The third kappa shape index (κ3) is 7.77. The first kappa shape index (κ1) is 22.1. The van der Waals surface area contributed by atoms with Gasteiger partial charge in [-0.2, -0.15) is 0 Å². The minimum Gasteiger partial charge on any atom is -0.357 e. The van der Waals surface area contributed by atoms with Gasteiger partial charge in [-0.05, 0) is 44.2 Å². The topological polar surface area (TPSA) is 85.8 Å². The van der Waals surface area contributed by atoms with Crippen molar-refractivity contribution in [3.63, 3.8) is 0 Å². The molecular weight excluding hydrogens is 382 g/mol. The van der Waals surface area contributed by atoms with Crippen molar-refractivity contribution in [3.8, 4) is 0 Å². The smallest absolute Gasteiger partial charge is 0.250 e. The molecule has 27 heavy (non-hydrogen) atoms. The Kier molecular flexibility index (Phi) is 9.53. The predicted octanol–water partition coefficient (Wildman–Crippen LogP) is 1.85. The van der Waals surface area contributed by atoms with Crippen molar-refractivity contribution in [1.82, 2.24) is 20.3 Å². The van der Waals surface area contributed by atoms with Crippen LogP contribution in [0.25, 0.3) is 0 Å². The van der Waals surface area contributed by atoms with E-state index in [1.165, 1.54) is 30.7 Å². The fourth-order valence-corrected chi connectivity index (χ4v) is 5.09. The van der Waals surface area contributed by atoms with Gasteiger partial charge in [0, 0.05) is 32.2 Å². The monoisotopic (exact) mass is 415 g/mol. The molecule has 2 heterocycles. The molecular formula is C18H33N5O2S2. The Morgan fingerprint density at radius 1 is 1.33 bits per heavy atom. The third-order valence-corrected chi connectivity index (χ3v) is 7.39. The van der Waals surface area contributed by atoms with Gasteiger partial charge >= 0.3 is 0 Å². The minimum atomic E-state index is -3.42. The molecule has 0 spiro atoms.